The van der Waals surface area contributed by atoms with Gasteiger partial charge in [0.2, 0.25) is 0 Å². The number of aliphatic hydroxyl groups excluding tert-OH is 1. The van der Waals surface area contributed by atoms with Crippen molar-refractivity contribution < 1.29 is 5.11 Å². The second-order valence-electron chi connectivity index (χ2n) is 7.29. The summed E-state index contributed by atoms with van der Waals surface area (Å²) in [7, 11) is 0. The predicted molar refractivity (Wildman–Crippen MR) is 89.5 cm³/mol. The summed E-state index contributed by atoms with van der Waals surface area (Å²) in [5.41, 5.74) is 0. The number of hydrogen-bond donors (Lipinski definition) is 2. The molecule has 0 aromatic heterocycles. The van der Waals surface area contributed by atoms with Crippen molar-refractivity contribution in [2.75, 3.05) is 32.8 Å². The van der Waals surface area contributed by atoms with Gasteiger partial charge in [0.15, 0.2) is 0 Å². The maximum absolute atomic E-state index is 9.18. The van der Waals surface area contributed by atoms with E-state index in [2.05, 4.69) is 24.1 Å². The standard InChI is InChI=1S/C18H36N2O/c1-3-15-7-8-18(19-4-2)17(12-15)14-20-10-5-6-16(13-20)9-11-21/h15-19,21H,3-14H2,1-2H3. The highest BCUT2D eigenvalue weighted by Gasteiger charge is 2.31. The van der Waals surface area contributed by atoms with E-state index in [1.807, 2.05) is 0 Å². The van der Waals surface area contributed by atoms with E-state index in [1.54, 1.807) is 0 Å². The summed E-state index contributed by atoms with van der Waals surface area (Å²) < 4.78 is 0. The summed E-state index contributed by atoms with van der Waals surface area (Å²) in [6.07, 6.45) is 9.17. The van der Waals surface area contributed by atoms with E-state index >= 15 is 0 Å². The monoisotopic (exact) mass is 296 g/mol. The van der Waals surface area contributed by atoms with Crippen LogP contribution in [0.1, 0.15) is 58.8 Å². The van der Waals surface area contributed by atoms with Gasteiger partial charge in [-0.15, -0.1) is 0 Å². The molecule has 1 aliphatic carbocycles. The van der Waals surface area contributed by atoms with Crippen LogP contribution in [-0.2, 0) is 0 Å². The van der Waals surface area contributed by atoms with Gasteiger partial charge in [-0.05, 0) is 69.4 Å². The zero-order chi connectivity index (χ0) is 15.1. The van der Waals surface area contributed by atoms with Gasteiger partial charge >= 0.3 is 0 Å². The van der Waals surface area contributed by atoms with Gasteiger partial charge in [-0.3, -0.25) is 0 Å². The number of rotatable bonds is 7. The molecule has 0 radical (unpaired) electrons. The maximum Gasteiger partial charge on any atom is 0.0434 e. The first-order chi connectivity index (χ1) is 10.3. The van der Waals surface area contributed by atoms with Crippen molar-refractivity contribution in [2.45, 2.75) is 64.8 Å². The third-order valence-electron chi connectivity index (χ3n) is 5.77. The highest BCUT2D eigenvalue weighted by atomic mass is 16.3. The molecule has 1 saturated carbocycles. The van der Waals surface area contributed by atoms with Crippen LogP contribution >= 0.6 is 0 Å². The quantitative estimate of drug-likeness (QED) is 0.758. The summed E-state index contributed by atoms with van der Waals surface area (Å²) in [5, 5.41) is 12.9. The van der Waals surface area contributed by atoms with Crippen LogP contribution in [0, 0.1) is 17.8 Å². The van der Waals surface area contributed by atoms with E-state index in [0.29, 0.717) is 6.61 Å². The lowest BCUT2D eigenvalue weighted by Gasteiger charge is -2.41. The van der Waals surface area contributed by atoms with E-state index in [4.69, 9.17) is 0 Å². The van der Waals surface area contributed by atoms with Gasteiger partial charge in [0.1, 0.15) is 0 Å². The van der Waals surface area contributed by atoms with E-state index in [1.165, 1.54) is 58.2 Å². The van der Waals surface area contributed by atoms with Gasteiger partial charge in [-0.1, -0.05) is 20.3 Å². The third-order valence-corrected chi connectivity index (χ3v) is 5.77. The Bertz CT molecular complexity index is 282. The number of piperidine rings is 1. The Morgan fingerprint density at radius 1 is 1.14 bits per heavy atom. The second-order valence-corrected chi connectivity index (χ2v) is 7.29. The highest BCUT2D eigenvalue weighted by molar-refractivity contribution is 4.87. The van der Waals surface area contributed by atoms with Gasteiger partial charge in [0, 0.05) is 25.7 Å². The van der Waals surface area contributed by atoms with Crippen molar-refractivity contribution >= 4 is 0 Å². The fourth-order valence-electron chi connectivity index (χ4n) is 4.53. The fourth-order valence-corrected chi connectivity index (χ4v) is 4.53. The molecular weight excluding hydrogens is 260 g/mol. The molecule has 3 nitrogen and oxygen atoms in total. The molecule has 124 valence electrons. The lowest BCUT2D eigenvalue weighted by atomic mass is 9.76. The molecule has 0 amide bonds. The molecule has 2 fully saturated rings. The van der Waals surface area contributed by atoms with Crippen LogP contribution < -0.4 is 5.32 Å². The molecule has 1 heterocycles. The molecule has 4 atom stereocenters. The molecule has 21 heavy (non-hydrogen) atoms. The Balaban J connectivity index is 1.87. The predicted octanol–water partition coefficient (Wildman–Crippen LogP) is 2.89. The fraction of sp³-hybridized carbons (Fsp3) is 1.00. The first-order valence-corrected chi connectivity index (χ1v) is 9.33. The molecule has 2 aliphatic rings. The maximum atomic E-state index is 9.18. The summed E-state index contributed by atoms with van der Waals surface area (Å²) >= 11 is 0. The molecule has 4 unspecified atom stereocenters. The Kier molecular flexibility index (Phi) is 7.48. The van der Waals surface area contributed by atoms with Gasteiger partial charge < -0.3 is 15.3 Å². The van der Waals surface area contributed by atoms with Gasteiger partial charge in [0.05, 0.1) is 0 Å². The van der Waals surface area contributed by atoms with Crippen molar-refractivity contribution in [3.63, 3.8) is 0 Å². The molecular formula is C18H36N2O. The minimum absolute atomic E-state index is 0.361. The molecule has 2 rings (SSSR count). The topological polar surface area (TPSA) is 35.5 Å². The number of likely N-dealkylation sites (tertiary alicyclic amines) is 1. The Morgan fingerprint density at radius 2 is 2.00 bits per heavy atom. The van der Waals surface area contributed by atoms with Crippen LogP contribution in [-0.4, -0.2) is 48.8 Å². The Labute approximate surface area is 131 Å². The normalized spacial score (nSPS) is 35.0. The lowest BCUT2D eigenvalue weighted by molar-refractivity contribution is 0.0959. The molecule has 2 N–H and O–H groups in total. The van der Waals surface area contributed by atoms with Crippen LogP contribution in [0.25, 0.3) is 0 Å². The smallest absolute Gasteiger partial charge is 0.0434 e. The zero-order valence-corrected chi connectivity index (χ0v) is 14.2. The summed E-state index contributed by atoms with van der Waals surface area (Å²) in [5.74, 6) is 2.51. The van der Waals surface area contributed by atoms with E-state index in [0.717, 1.165) is 36.8 Å². The van der Waals surface area contributed by atoms with Crippen molar-refractivity contribution in [1.29, 1.82) is 0 Å². The first kappa shape index (κ1) is 17.2. The van der Waals surface area contributed by atoms with Crippen molar-refractivity contribution in [3.05, 3.63) is 0 Å². The number of aliphatic hydroxyl groups is 1. The highest BCUT2D eigenvalue weighted by Crippen LogP contribution is 2.33. The van der Waals surface area contributed by atoms with Crippen molar-refractivity contribution in [1.82, 2.24) is 10.2 Å². The molecule has 1 aliphatic heterocycles. The van der Waals surface area contributed by atoms with E-state index in [-0.39, 0.29) is 0 Å². The van der Waals surface area contributed by atoms with E-state index < -0.39 is 0 Å². The first-order valence-electron chi connectivity index (χ1n) is 9.33. The molecule has 0 aromatic carbocycles. The largest absolute Gasteiger partial charge is 0.396 e. The minimum Gasteiger partial charge on any atom is -0.396 e. The molecule has 3 heteroatoms. The van der Waals surface area contributed by atoms with Crippen LogP contribution in [0.4, 0.5) is 0 Å². The zero-order valence-electron chi connectivity index (χ0n) is 14.2. The minimum atomic E-state index is 0.361. The SMILES string of the molecule is CCNC1CCC(CC)CC1CN1CCCC(CCO)C1. The van der Waals surface area contributed by atoms with Crippen LogP contribution in [0.15, 0.2) is 0 Å². The average molecular weight is 296 g/mol. The third kappa shape index (κ3) is 5.22. The molecule has 0 spiro atoms. The van der Waals surface area contributed by atoms with Crippen molar-refractivity contribution in [3.8, 4) is 0 Å². The molecule has 0 aromatic rings. The van der Waals surface area contributed by atoms with Crippen molar-refractivity contribution in [2.24, 2.45) is 17.8 Å². The van der Waals surface area contributed by atoms with E-state index in [9.17, 15) is 5.11 Å². The summed E-state index contributed by atoms with van der Waals surface area (Å²) in [6.45, 7) is 9.82. The average Bonchev–Trinajstić information content (AvgIpc) is 2.50. The number of hydrogen-bond acceptors (Lipinski definition) is 3. The Hall–Kier alpha value is -0.120. The lowest BCUT2D eigenvalue weighted by Crippen LogP contribution is -2.47. The summed E-state index contributed by atoms with van der Waals surface area (Å²) in [6, 6.07) is 0.732. The molecule has 0 bridgehead atoms. The van der Waals surface area contributed by atoms with Crippen LogP contribution in [0.3, 0.4) is 0 Å². The molecule has 1 saturated heterocycles. The van der Waals surface area contributed by atoms with Gasteiger partial charge in [0.25, 0.3) is 0 Å². The number of nitrogens with zero attached hydrogens (tertiary/aromatic N) is 1. The second kappa shape index (κ2) is 9.12. The van der Waals surface area contributed by atoms with Gasteiger partial charge in [-0.2, -0.15) is 0 Å². The van der Waals surface area contributed by atoms with Crippen LogP contribution in [0.2, 0.25) is 0 Å². The van der Waals surface area contributed by atoms with Gasteiger partial charge in [-0.25, -0.2) is 0 Å². The number of nitrogens with one attached hydrogen (secondary N) is 1. The Morgan fingerprint density at radius 3 is 2.71 bits per heavy atom. The van der Waals surface area contributed by atoms with Crippen LogP contribution in [0.5, 0.6) is 0 Å². The summed E-state index contributed by atoms with van der Waals surface area (Å²) in [4.78, 5) is 2.69.